The molecular weight excluding hydrogens is 313 g/mol. The largest absolute Gasteiger partial charge is 0.351 e. The summed E-state index contributed by atoms with van der Waals surface area (Å²) in [4.78, 5) is 13.1. The van der Waals surface area contributed by atoms with Crippen LogP contribution in [0.4, 0.5) is 0 Å². The van der Waals surface area contributed by atoms with Crippen LogP contribution in [0.5, 0.6) is 0 Å². The normalized spacial score (nSPS) is 10.3. The van der Waals surface area contributed by atoms with Crippen molar-refractivity contribution in [2.45, 2.75) is 4.90 Å². The maximum Gasteiger partial charge on any atom is 0.252 e. The summed E-state index contributed by atoms with van der Waals surface area (Å²) in [5.41, 5.74) is 0.406. The molecule has 0 aliphatic carbocycles. The van der Waals surface area contributed by atoms with Crippen LogP contribution in [0.3, 0.4) is 0 Å². The quantitative estimate of drug-likeness (QED) is 0.647. The fourth-order valence-corrected chi connectivity index (χ4v) is 2.78. The number of hydrogen-bond donors (Lipinski definition) is 1. The molecule has 0 atom stereocenters. The van der Waals surface area contributed by atoms with E-state index in [1.54, 1.807) is 30.0 Å². The Labute approximate surface area is 132 Å². The minimum Gasteiger partial charge on any atom is -0.351 e. The summed E-state index contributed by atoms with van der Waals surface area (Å²) in [6, 6.07) is 14.9. The predicted molar refractivity (Wildman–Crippen MR) is 86.0 cm³/mol. The molecule has 5 heteroatoms. The van der Waals surface area contributed by atoms with E-state index in [2.05, 4.69) is 5.32 Å². The summed E-state index contributed by atoms with van der Waals surface area (Å²) in [5, 5.41) is 3.74. The van der Waals surface area contributed by atoms with Gasteiger partial charge in [0.25, 0.3) is 5.91 Å². The van der Waals surface area contributed by atoms with Crippen molar-refractivity contribution in [1.82, 2.24) is 5.32 Å². The summed E-state index contributed by atoms with van der Waals surface area (Å²) >= 11 is 13.5. The highest BCUT2D eigenvalue weighted by atomic mass is 35.5. The van der Waals surface area contributed by atoms with Gasteiger partial charge in [0.2, 0.25) is 0 Å². The highest BCUT2D eigenvalue weighted by molar-refractivity contribution is 7.99. The Hall–Kier alpha value is -1.16. The Morgan fingerprint density at radius 3 is 2.60 bits per heavy atom. The van der Waals surface area contributed by atoms with Gasteiger partial charge < -0.3 is 5.32 Å². The first kappa shape index (κ1) is 15.2. The van der Waals surface area contributed by atoms with E-state index in [1.165, 1.54) is 4.90 Å². The van der Waals surface area contributed by atoms with Crippen molar-refractivity contribution in [2.24, 2.45) is 0 Å². The minimum atomic E-state index is -0.203. The zero-order chi connectivity index (χ0) is 14.4. The zero-order valence-electron chi connectivity index (χ0n) is 10.6. The van der Waals surface area contributed by atoms with Gasteiger partial charge in [0, 0.05) is 22.2 Å². The van der Waals surface area contributed by atoms with Gasteiger partial charge in [-0.25, -0.2) is 0 Å². The summed E-state index contributed by atoms with van der Waals surface area (Å²) in [7, 11) is 0. The molecule has 0 aromatic heterocycles. The number of halogens is 2. The van der Waals surface area contributed by atoms with Crippen LogP contribution < -0.4 is 5.32 Å². The predicted octanol–water partition coefficient (Wildman–Crippen LogP) is 4.52. The first-order valence-electron chi connectivity index (χ1n) is 6.08. The zero-order valence-corrected chi connectivity index (χ0v) is 12.9. The number of benzene rings is 2. The second-order valence-corrected chi connectivity index (χ2v) is 6.05. The van der Waals surface area contributed by atoms with Crippen molar-refractivity contribution in [3.63, 3.8) is 0 Å². The second-order valence-electron chi connectivity index (χ2n) is 4.04. The lowest BCUT2D eigenvalue weighted by atomic mass is 10.2. The lowest BCUT2D eigenvalue weighted by Gasteiger charge is -2.07. The smallest absolute Gasteiger partial charge is 0.252 e. The highest BCUT2D eigenvalue weighted by Crippen LogP contribution is 2.20. The summed E-state index contributed by atoms with van der Waals surface area (Å²) < 4.78 is 0. The van der Waals surface area contributed by atoms with E-state index < -0.39 is 0 Å². The van der Waals surface area contributed by atoms with Crippen LogP contribution in [0, 0.1) is 0 Å². The number of rotatable bonds is 5. The third-order valence-electron chi connectivity index (χ3n) is 2.57. The molecule has 0 aliphatic heterocycles. The molecule has 0 spiro atoms. The Bertz CT molecular complexity index is 590. The maximum atomic E-state index is 12.0. The van der Waals surface area contributed by atoms with Crippen molar-refractivity contribution in [1.29, 1.82) is 0 Å². The maximum absolute atomic E-state index is 12.0. The van der Waals surface area contributed by atoms with Crippen LogP contribution in [0.1, 0.15) is 10.4 Å². The molecule has 20 heavy (non-hydrogen) atoms. The number of hydrogen-bond acceptors (Lipinski definition) is 2. The van der Waals surface area contributed by atoms with Crippen LogP contribution in [0.25, 0.3) is 0 Å². The molecule has 2 rings (SSSR count). The Morgan fingerprint density at radius 1 is 1.10 bits per heavy atom. The molecule has 2 aromatic rings. The molecule has 2 nitrogen and oxygen atoms in total. The first-order chi connectivity index (χ1) is 9.66. The summed E-state index contributed by atoms with van der Waals surface area (Å²) in [6.07, 6.45) is 0. The standard InChI is InChI=1S/C15H13Cl2NOS/c16-11-6-7-14(17)13(10-11)15(19)18-8-9-20-12-4-2-1-3-5-12/h1-7,10H,8-9H2,(H,18,19). The molecule has 0 radical (unpaired) electrons. The van der Waals surface area contributed by atoms with Crippen molar-refractivity contribution < 1.29 is 4.79 Å². The molecule has 1 amide bonds. The number of nitrogens with one attached hydrogen (secondary N) is 1. The minimum absolute atomic E-state index is 0.203. The molecule has 0 unspecified atom stereocenters. The molecule has 2 aromatic carbocycles. The lowest BCUT2D eigenvalue weighted by molar-refractivity contribution is 0.0956. The molecule has 1 N–H and O–H groups in total. The monoisotopic (exact) mass is 325 g/mol. The number of amides is 1. The summed E-state index contributed by atoms with van der Waals surface area (Å²) in [6.45, 7) is 0.571. The van der Waals surface area contributed by atoms with Gasteiger partial charge in [0.1, 0.15) is 0 Å². The molecule has 0 fully saturated rings. The van der Waals surface area contributed by atoms with Crippen LogP contribution in [0.15, 0.2) is 53.4 Å². The van der Waals surface area contributed by atoms with Crippen molar-refractivity contribution in [3.8, 4) is 0 Å². The molecule has 0 aliphatic rings. The van der Waals surface area contributed by atoms with Crippen LogP contribution in [-0.2, 0) is 0 Å². The first-order valence-corrected chi connectivity index (χ1v) is 7.82. The van der Waals surface area contributed by atoms with Gasteiger partial charge in [0.15, 0.2) is 0 Å². The van der Waals surface area contributed by atoms with Crippen LogP contribution >= 0.6 is 35.0 Å². The molecule has 0 heterocycles. The fourth-order valence-electron chi connectivity index (χ4n) is 1.62. The highest BCUT2D eigenvalue weighted by Gasteiger charge is 2.10. The molecular formula is C15H13Cl2NOS. The van der Waals surface area contributed by atoms with Gasteiger partial charge in [-0.1, -0.05) is 41.4 Å². The Morgan fingerprint density at radius 2 is 1.85 bits per heavy atom. The Balaban J connectivity index is 1.82. The topological polar surface area (TPSA) is 29.1 Å². The lowest BCUT2D eigenvalue weighted by Crippen LogP contribution is -2.26. The van der Waals surface area contributed by atoms with E-state index in [1.807, 2.05) is 30.3 Å². The number of carbonyl (C=O) groups is 1. The second kappa shape index (κ2) is 7.58. The average Bonchev–Trinajstić information content (AvgIpc) is 2.47. The van der Waals surface area contributed by atoms with Crippen molar-refractivity contribution in [2.75, 3.05) is 12.3 Å². The van der Waals surface area contributed by atoms with Gasteiger partial charge in [0.05, 0.1) is 10.6 Å². The SMILES string of the molecule is O=C(NCCSc1ccccc1)c1cc(Cl)ccc1Cl. The van der Waals surface area contributed by atoms with E-state index in [-0.39, 0.29) is 5.91 Å². The molecule has 0 bridgehead atoms. The number of carbonyl (C=O) groups excluding carboxylic acids is 1. The van der Waals surface area contributed by atoms with Crippen molar-refractivity contribution in [3.05, 3.63) is 64.1 Å². The van der Waals surface area contributed by atoms with Gasteiger partial charge in [-0.3, -0.25) is 4.79 Å². The van der Waals surface area contributed by atoms with Gasteiger partial charge in [-0.2, -0.15) is 0 Å². The van der Waals surface area contributed by atoms with E-state index in [0.29, 0.717) is 22.2 Å². The van der Waals surface area contributed by atoms with E-state index in [0.717, 1.165) is 5.75 Å². The fraction of sp³-hybridized carbons (Fsp3) is 0.133. The van der Waals surface area contributed by atoms with Gasteiger partial charge in [-0.15, -0.1) is 11.8 Å². The average molecular weight is 326 g/mol. The van der Waals surface area contributed by atoms with Crippen LogP contribution in [-0.4, -0.2) is 18.2 Å². The van der Waals surface area contributed by atoms with Crippen molar-refractivity contribution >= 4 is 40.9 Å². The summed E-state index contributed by atoms with van der Waals surface area (Å²) in [5.74, 6) is 0.597. The van der Waals surface area contributed by atoms with E-state index in [9.17, 15) is 4.79 Å². The number of thioether (sulfide) groups is 1. The van der Waals surface area contributed by atoms with Crippen LogP contribution in [0.2, 0.25) is 10.0 Å². The van der Waals surface area contributed by atoms with Gasteiger partial charge >= 0.3 is 0 Å². The third-order valence-corrected chi connectivity index (χ3v) is 4.15. The third kappa shape index (κ3) is 4.44. The molecule has 0 saturated heterocycles. The van der Waals surface area contributed by atoms with E-state index >= 15 is 0 Å². The van der Waals surface area contributed by atoms with Gasteiger partial charge in [-0.05, 0) is 30.3 Å². The molecule has 104 valence electrons. The van der Waals surface area contributed by atoms with E-state index in [4.69, 9.17) is 23.2 Å². The Kier molecular flexibility index (Phi) is 5.77. The molecule has 0 saturated carbocycles.